The van der Waals surface area contributed by atoms with Gasteiger partial charge in [0, 0.05) is 5.69 Å². The molecule has 0 spiro atoms. The third kappa shape index (κ3) is 4.72. The van der Waals surface area contributed by atoms with Crippen molar-refractivity contribution in [2.75, 3.05) is 5.32 Å². The molecule has 1 aromatic rings. The van der Waals surface area contributed by atoms with Crippen LogP contribution in [0.2, 0.25) is 0 Å². The quantitative estimate of drug-likeness (QED) is 0.835. The minimum Gasteiger partial charge on any atom is -0.326 e. The molecule has 0 bridgehead atoms. The summed E-state index contributed by atoms with van der Waals surface area (Å²) in [4.78, 5) is 10.7. The van der Waals surface area contributed by atoms with Gasteiger partial charge in [0.2, 0.25) is 5.91 Å². The average molecular weight is 295 g/mol. The standard InChI is InChI=1S/C10H8F3NO4S/c11-8(10(12)13)5-9(15)14-6-1-3-7(4-2-6)19(16,17)18/h1-4H,5H2,(H,14,15)(H,16,17,18). The van der Waals surface area contributed by atoms with Crippen LogP contribution in [0, 0.1) is 0 Å². The van der Waals surface area contributed by atoms with E-state index in [9.17, 15) is 26.4 Å². The number of hydrogen-bond acceptors (Lipinski definition) is 3. The molecule has 9 heteroatoms. The van der Waals surface area contributed by atoms with Gasteiger partial charge in [-0.25, -0.2) is 4.39 Å². The Morgan fingerprint density at radius 1 is 1.16 bits per heavy atom. The molecular weight excluding hydrogens is 287 g/mol. The largest absolute Gasteiger partial charge is 0.326 e. The number of anilines is 1. The first-order valence-corrected chi connectivity index (χ1v) is 6.21. The molecule has 0 atom stereocenters. The molecule has 0 unspecified atom stereocenters. The van der Waals surface area contributed by atoms with E-state index in [0.29, 0.717) is 0 Å². The highest BCUT2D eigenvalue weighted by atomic mass is 32.2. The van der Waals surface area contributed by atoms with Crippen LogP contribution in [-0.4, -0.2) is 18.9 Å². The van der Waals surface area contributed by atoms with Gasteiger partial charge in [0.1, 0.15) is 0 Å². The minimum atomic E-state index is -4.36. The molecular formula is C10H8F3NO4S. The number of carbonyl (C=O) groups excluding carboxylic acids is 1. The lowest BCUT2D eigenvalue weighted by Gasteiger charge is -2.04. The van der Waals surface area contributed by atoms with Gasteiger partial charge in [-0.3, -0.25) is 9.35 Å². The maximum absolute atomic E-state index is 12.5. The molecule has 0 aromatic heterocycles. The minimum absolute atomic E-state index is 0.0736. The summed E-state index contributed by atoms with van der Waals surface area (Å²) in [5, 5.41) is 2.08. The summed E-state index contributed by atoms with van der Waals surface area (Å²) in [6.07, 6.45) is -3.69. The first kappa shape index (κ1) is 15.2. The maximum Gasteiger partial charge on any atom is 0.302 e. The molecule has 1 amide bonds. The zero-order valence-corrected chi connectivity index (χ0v) is 10.0. The second-order valence-corrected chi connectivity index (χ2v) is 4.81. The summed E-state index contributed by atoms with van der Waals surface area (Å²) in [6.45, 7) is 0. The summed E-state index contributed by atoms with van der Waals surface area (Å²) in [7, 11) is -4.36. The predicted octanol–water partition coefficient (Wildman–Crippen LogP) is 2.34. The van der Waals surface area contributed by atoms with Gasteiger partial charge in [-0.15, -0.1) is 0 Å². The van der Waals surface area contributed by atoms with Gasteiger partial charge >= 0.3 is 6.08 Å². The Balaban J connectivity index is 2.74. The van der Waals surface area contributed by atoms with Crippen LogP contribution < -0.4 is 5.32 Å². The highest BCUT2D eigenvalue weighted by Crippen LogP contribution is 2.16. The maximum atomic E-state index is 12.5. The van der Waals surface area contributed by atoms with Gasteiger partial charge in [-0.2, -0.15) is 17.2 Å². The van der Waals surface area contributed by atoms with E-state index in [-0.39, 0.29) is 5.69 Å². The molecule has 0 saturated heterocycles. The van der Waals surface area contributed by atoms with Crippen molar-refractivity contribution in [3.8, 4) is 0 Å². The highest BCUT2D eigenvalue weighted by molar-refractivity contribution is 7.85. The number of hydrogen-bond donors (Lipinski definition) is 2. The number of nitrogens with one attached hydrogen (secondary N) is 1. The van der Waals surface area contributed by atoms with E-state index in [0.717, 1.165) is 24.3 Å². The van der Waals surface area contributed by atoms with Crippen molar-refractivity contribution in [1.82, 2.24) is 0 Å². The van der Waals surface area contributed by atoms with Crippen molar-refractivity contribution in [2.24, 2.45) is 0 Å². The van der Waals surface area contributed by atoms with Crippen LogP contribution in [0.5, 0.6) is 0 Å². The van der Waals surface area contributed by atoms with Crippen molar-refractivity contribution in [1.29, 1.82) is 0 Å². The van der Waals surface area contributed by atoms with Crippen molar-refractivity contribution >= 4 is 21.7 Å². The second kappa shape index (κ2) is 5.85. The fraction of sp³-hybridized carbons (Fsp3) is 0.100. The molecule has 19 heavy (non-hydrogen) atoms. The molecule has 0 aliphatic rings. The normalized spacial score (nSPS) is 10.9. The lowest BCUT2D eigenvalue weighted by atomic mass is 10.3. The molecule has 1 aromatic carbocycles. The SMILES string of the molecule is O=C(CC(F)=C(F)F)Nc1ccc(S(=O)(=O)O)cc1. The topological polar surface area (TPSA) is 83.5 Å². The molecule has 2 N–H and O–H groups in total. The molecule has 5 nitrogen and oxygen atoms in total. The van der Waals surface area contributed by atoms with Gasteiger partial charge in [-0.1, -0.05) is 0 Å². The second-order valence-electron chi connectivity index (χ2n) is 3.39. The Kier molecular flexibility index (Phi) is 4.67. The fourth-order valence-corrected chi connectivity index (χ4v) is 1.60. The monoisotopic (exact) mass is 295 g/mol. The lowest BCUT2D eigenvalue weighted by Crippen LogP contribution is -2.11. The summed E-state index contributed by atoms with van der Waals surface area (Å²) in [5.74, 6) is -2.86. The van der Waals surface area contributed by atoms with Crippen LogP contribution in [-0.2, 0) is 14.9 Å². The number of rotatable bonds is 4. The van der Waals surface area contributed by atoms with Crippen molar-refractivity contribution in [3.63, 3.8) is 0 Å². The Hall–Kier alpha value is -1.87. The van der Waals surface area contributed by atoms with E-state index < -0.39 is 39.2 Å². The van der Waals surface area contributed by atoms with E-state index in [1.54, 1.807) is 0 Å². The fourth-order valence-electron chi connectivity index (χ4n) is 1.12. The number of carbonyl (C=O) groups is 1. The first-order chi connectivity index (χ1) is 8.70. The highest BCUT2D eigenvalue weighted by Gasteiger charge is 2.12. The van der Waals surface area contributed by atoms with Crippen molar-refractivity contribution < 1.29 is 30.9 Å². The number of halogens is 3. The smallest absolute Gasteiger partial charge is 0.302 e. The summed E-state index contributed by atoms with van der Waals surface area (Å²) >= 11 is 0. The summed E-state index contributed by atoms with van der Waals surface area (Å²) in [6, 6.07) is 4.22. The van der Waals surface area contributed by atoms with Gasteiger partial charge in [0.15, 0.2) is 5.83 Å². The van der Waals surface area contributed by atoms with E-state index in [4.69, 9.17) is 4.55 Å². The third-order valence-electron chi connectivity index (χ3n) is 1.96. The van der Waals surface area contributed by atoms with Crippen molar-refractivity contribution in [3.05, 3.63) is 36.2 Å². The van der Waals surface area contributed by atoms with Gasteiger partial charge < -0.3 is 5.32 Å². The molecule has 0 aliphatic carbocycles. The molecule has 0 radical (unpaired) electrons. The van der Waals surface area contributed by atoms with Crippen LogP contribution in [0.3, 0.4) is 0 Å². The van der Waals surface area contributed by atoms with Crippen LogP contribution >= 0.6 is 0 Å². The predicted molar refractivity (Wildman–Crippen MR) is 59.9 cm³/mol. The first-order valence-electron chi connectivity index (χ1n) is 4.77. The van der Waals surface area contributed by atoms with Crippen LogP contribution in [0.4, 0.5) is 18.9 Å². The molecule has 0 aliphatic heterocycles. The van der Waals surface area contributed by atoms with E-state index in [1.807, 2.05) is 0 Å². The number of amides is 1. The van der Waals surface area contributed by atoms with Crippen molar-refractivity contribution in [2.45, 2.75) is 11.3 Å². The molecule has 0 fully saturated rings. The van der Waals surface area contributed by atoms with Crippen LogP contribution in [0.1, 0.15) is 6.42 Å². The van der Waals surface area contributed by atoms with Gasteiger partial charge in [-0.05, 0) is 24.3 Å². The zero-order valence-electron chi connectivity index (χ0n) is 9.23. The lowest BCUT2D eigenvalue weighted by molar-refractivity contribution is -0.115. The van der Waals surface area contributed by atoms with Crippen LogP contribution in [0.15, 0.2) is 41.1 Å². The molecule has 0 heterocycles. The van der Waals surface area contributed by atoms with Gasteiger partial charge in [0.25, 0.3) is 10.1 Å². The molecule has 0 saturated carbocycles. The average Bonchev–Trinajstić information content (AvgIpc) is 2.28. The number of benzene rings is 1. The summed E-state index contributed by atoms with van der Waals surface area (Å²) in [5.41, 5.74) is 0.0736. The molecule has 104 valence electrons. The Morgan fingerprint density at radius 3 is 2.11 bits per heavy atom. The van der Waals surface area contributed by atoms with Crippen LogP contribution in [0.25, 0.3) is 0 Å². The zero-order chi connectivity index (χ0) is 14.6. The summed E-state index contributed by atoms with van der Waals surface area (Å²) < 4.78 is 66.1. The van der Waals surface area contributed by atoms with E-state index in [1.165, 1.54) is 0 Å². The van der Waals surface area contributed by atoms with Gasteiger partial charge in [0.05, 0.1) is 11.3 Å². The Bertz CT molecular complexity index is 606. The molecule has 1 rings (SSSR count). The van der Waals surface area contributed by atoms with E-state index in [2.05, 4.69) is 5.32 Å². The van der Waals surface area contributed by atoms with E-state index >= 15 is 0 Å². The Morgan fingerprint density at radius 2 is 1.68 bits per heavy atom. The Labute approximate surface area is 106 Å². The third-order valence-corrected chi connectivity index (χ3v) is 2.82.